The molecule has 13 heteroatoms. The van der Waals surface area contributed by atoms with Crippen molar-refractivity contribution in [2.75, 3.05) is 10.7 Å². The first-order valence-electron chi connectivity index (χ1n) is 11.0. The Balaban J connectivity index is 1.26. The summed E-state index contributed by atoms with van der Waals surface area (Å²) in [5, 5.41) is 13.6. The second-order valence-electron chi connectivity index (χ2n) is 7.77. The molecule has 0 saturated carbocycles. The molecule has 1 aliphatic heterocycles. The zero-order chi connectivity index (χ0) is 26.7. The number of amides is 1. The van der Waals surface area contributed by atoms with Crippen molar-refractivity contribution < 1.29 is 22.7 Å². The van der Waals surface area contributed by atoms with Gasteiger partial charge < -0.3 is 4.74 Å². The molecule has 0 atom stereocenters. The van der Waals surface area contributed by atoms with Crippen molar-refractivity contribution >= 4 is 46.3 Å². The molecule has 5 rings (SSSR count). The number of carbonyl (C=O) groups excluding carboxylic acids is 1. The molecule has 1 amide bonds. The molecule has 192 valence electrons. The van der Waals surface area contributed by atoms with Crippen LogP contribution in [0.1, 0.15) is 5.56 Å². The predicted molar refractivity (Wildman–Crippen MR) is 140 cm³/mol. The van der Waals surface area contributed by atoms with Gasteiger partial charge in [0.2, 0.25) is 5.91 Å². The van der Waals surface area contributed by atoms with Crippen molar-refractivity contribution in [1.82, 2.24) is 14.8 Å². The number of hydrogen-bond acceptors (Lipinski definition) is 7. The Morgan fingerprint density at radius 2 is 1.76 bits per heavy atom. The number of amidine groups is 1. The van der Waals surface area contributed by atoms with E-state index in [1.54, 1.807) is 42.6 Å². The smallest absolute Gasteiger partial charge is 0.406 e. The predicted octanol–water partition coefficient (Wildman–Crippen LogP) is 5.96. The van der Waals surface area contributed by atoms with E-state index in [1.807, 2.05) is 12.1 Å². The van der Waals surface area contributed by atoms with Crippen LogP contribution in [0.5, 0.6) is 5.75 Å². The van der Waals surface area contributed by atoms with Gasteiger partial charge in [0.05, 0.1) is 28.4 Å². The molecule has 0 radical (unpaired) electrons. The number of benzene rings is 3. The molecule has 1 fully saturated rings. The van der Waals surface area contributed by atoms with Crippen LogP contribution in [0.2, 0.25) is 5.02 Å². The van der Waals surface area contributed by atoms with Gasteiger partial charge in [-0.1, -0.05) is 59.8 Å². The van der Waals surface area contributed by atoms with E-state index in [2.05, 4.69) is 25.0 Å². The fourth-order valence-corrected chi connectivity index (χ4v) is 4.53. The third-order valence-electron chi connectivity index (χ3n) is 5.20. The normalized spacial score (nSPS) is 15.1. The second-order valence-corrected chi connectivity index (χ2v) is 9.12. The van der Waals surface area contributed by atoms with E-state index >= 15 is 0 Å². The molecule has 2 heterocycles. The molecule has 3 aromatic carbocycles. The number of thioether (sulfide) groups is 1. The van der Waals surface area contributed by atoms with Crippen molar-refractivity contribution in [1.29, 1.82) is 0 Å². The molecule has 0 aliphatic carbocycles. The van der Waals surface area contributed by atoms with E-state index in [0.29, 0.717) is 27.4 Å². The summed E-state index contributed by atoms with van der Waals surface area (Å²) in [5.74, 6) is 0.234. The van der Waals surface area contributed by atoms with Crippen LogP contribution in [0.4, 0.5) is 18.9 Å². The van der Waals surface area contributed by atoms with Crippen LogP contribution in [-0.4, -0.2) is 44.2 Å². The molecule has 1 aromatic heterocycles. The highest BCUT2D eigenvalue weighted by Crippen LogP contribution is 2.32. The van der Waals surface area contributed by atoms with Crippen LogP contribution in [0.3, 0.4) is 0 Å². The lowest BCUT2D eigenvalue weighted by Gasteiger charge is -2.16. The largest absolute Gasteiger partial charge is 0.573 e. The van der Waals surface area contributed by atoms with Crippen molar-refractivity contribution in [2.45, 2.75) is 6.36 Å². The molecule has 38 heavy (non-hydrogen) atoms. The van der Waals surface area contributed by atoms with Crippen molar-refractivity contribution in [2.24, 2.45) is 10.2 Å². The fraction of sp³-hybridized carbons (Fsp3) is 0.0800. The van der Waals surface area contributed by atoms with E-state index < -0.39 is 6.36 Å². The van der Waals surface area contributed by atoms with Gasteiger partial charge in [0.1, 0.15) is 12.1 Å². The first kappa shape index (κ1) is 25.5. The summed E-state index contributed by atoms with van der Waals surface area (Å²) < 4.78 is 42.4. The standard InChI is InChI=1S/C25H16ClF3N6O2S/c26-20-3-1-2-4-21(20)35-22(36)14-38-24(35)32-31-13-16-5-7-17(8-6-16)23-30-15-34(33-23)18-9-11-19(12-10-18)37-25(27,28)29/h1-13,15H,14H2. The Kier molecular flexibility index (Phi) is 7.16. The summed E-state index contributed by atoms with van der Waals surface area (Å²) in [6.07, 6.45) is -1.73. The molecule has 0 unspecified atom stereocenters. The summed E-state index contributed by atoms with van der Waals surface area (Å²) in [7, 11) is 0. The van der Waals surface area contributed by atoms with Gasteiger partial charge in [0.15, 0.2) is 11.0 Å². The monoisotopic (exact) mass is 556 g/mol. The van der Waals surface area contributed by atoms with E-state index in [0.717, 1.165) is 11.1 Å². The van der Waals surface area contributed by atoms with Crippen LogP contribution in [0, 0.1) is 0 Å². The minimum Gasteiger partial charge on any atom is -0.406 e. The number of rotatable bonds is 6. The highest BCUT2D eigenvalue weighted by atomic mass is 35.5. The third-order valence-corrected chi connectivity index (χ3v) is 6.44. The van der Waals surface area contributed by atoms with Gasteiger partial charge in [0.25, 0.3) is 0 Å². The molecular weight excluding hydrogens is 541 g/mol. The summed E-state index contributed by atoms with van der Waals surface area (Å²) in [6.45, 7) is 0. The first-order valence-corrected chi connectivity index (χ1v) is 12.3. The maximum Gasteiger partial charge on any atom is 0.573 e. The molecule has 4 aromatic rings. The number of aromatic nitrogens is 3. The number of ether oxygens (including phenoxy) is 1. The lowest BCUT2D eigenvalue weighted by Crippen LogP contribution is -2.29. The molecule has 1 saturated heterocycles. The highest BCUT2D eigenvalue weighted by Gasteiger charge is 2.31. The molecule has 1 aliphatic rings. The Morgan fingerprint density at radius 1 is 1.03 bits per heavy atom. The first-order chi connectivity index (χ1) is 18.3. The topological polar surface area (TPSA) is 85.0 Å². The average molecular weight is 557 g/mol. The Hall–Kier alpha value is -4.16. The van der Waals surface area contributed by atoms with E-state index in [4.69, 9.17) is 11.6 Å². The van der Waals surface area contributed by atoms with E-state index in [1.165, 1.54) is 51.9 Å². The molecule has 8 nitrogen and oxygen atoms in total. The van der Waals surface area contributed by atoms with Gasteiger partial charge in [-0.3, -0.25) is 9.69 Å². The molecule has 0 spiro atoms. The number of carbonyl (C=O) groups is 1. The number of nitrogens with zero attached hydrogens (tertiary/aromatic N) is 6. The maximum absolute atomic E-state index is 12.4. The third kappa shape index (κ3) is 5.87. The number of alkyl halides is 3. The number of halogens is 4. The quantitative estimate of drug-likeness (QED) is 0.216. The Bertz CT molecular complexity index is 1520. The number of anilines is 1. The summed E-state index contributed by atoms with van der Waals surface area (Å²) in [6, 6.07) is 19.6. The summed E-state index contributed by atoms with van der Waals surface area (Å²) >= 11 is 7.52. The van der Waals surface area contributed by atoms with Crippen LogP contribution in [0.15, 0.2) is 89.3 Å². The number of hydrogen-bond donors (Lipinski definition) is 0. The Labute approximate surface area is 223 Å². The zero-order valence-electron chi connectivity index (χ0n) is 19.2. The van der Waals surface area contributed by atoms with Crippen molar-refractivity contribution in [3.05, 3.63) is 89.7 Å². The molecule has 0 bridgehead atoms. The fourth-order valence-electron chi connectivity index (χ4n) is 3.49. The second kappa shape index (κ2) is 10.7. The summed E-state index contributed by atoms with van der Waals surface area (Å²) in [5.41, 5.74) is 2.57. The highest BCUT2D eigenvalue weighted by molar-refractivity contribution is 8.15. The SMILES string of the molecule is O=C1CSC(=NN=Cc2ccc(-c3ncn(-c4ccc(OC(F)(F)F)cc4)n3)cc2)N1c1ccccc1Cl. The van der Waals surface area contributed by atoms with Gasteiger partial charge in [-0.25, -0.2) is 9.67 Å². The van der Waals surface area contributed by atoms with Crippen molar-refractivity contribution in [3.8, 4) is 22.8 Å². The van der Waals surface area contributed by atoms with Crippen LogP contribution >= 0.6 is 23.4 Å². The van der Waals surface area contributed by atoms with Gasteiger partial charge in [0, 0.05) is 5.56 Å². The van der Waals surface area contributed by atoms with Crippen LogP contribution < -0.4 is 9.64 Å². The lowest BCUT2D eigenvalue weighted by molar-refractivity contribution is -0.274. The van der Waals surface area contributed by atoms with Crippen molar-refractivity contribution in [3.63, 3.8) is 0 Å². The minimum atomic E-state index is -4.75. The Morgan fingerprint density at radius 3 is 2.47 bits per heavy atom. The molecule has 0 N–H and O–H groups in total. The minimum absolute atomic E-state index is 0.126. The van der Waals surface area contributed by atoms with Gasteiger partial charge in [-0.2, -0.15) is 5.10 Å². The molecular formula is C25H16ClF3N6O2S. The average Bonchev–Trinajstić information content (AvgIpc) is 3.52. The van der Waals surface area contributed by atoms with E-state index in [9.17, 15) is 18.0 Å². The maximum atomic E-state index is 12.4. The van der Waals surface area contributed by atoms with Crippen LogP contribution in [-0.2, 0) is 4.79 Å². The zero-order valence-corrected chi connectivity index (χ0v) is 20.8. The number of para-hydroxylation sites is 1. The summed E-state index contributed by atoms with van der Waals surface area (Å²) in [4.78, 5) is 18.1. The van der Waals surface area contributed by atoms with Gasteiger partial charge >= 0.3 is 6.36 Å². The lowest BCUT2D eigenvalue weighted by atomic mass is 10.1. The van der Waals surface area contributed by atoms with E-state index in [-0.39, 0.29) is 17.4 Å². The van der Waals surface area contributed by atoms with Gasteiger partial charge in [-0.05, 0) is 42.0 Å². The van der Waals surface area contributed by atoms with Gasteiger partial charge in [-0.15, -0.1) is 23.4 Å². The van der Waals surface area contributed by atoms with Crippen LogP contribution in [0.25, 0.3) is 17.1 Å².